The van der Waals surface area contributed by atoms with E-state index in [1.807, 2.05) is 4.90 Å². The monoisotopic (exact) mass is 238 g/mol. The molecule has 2 aliphatic heterocycles. The average Bonchev–Trinajstić information content (AvgIpc) is 2.47. The van der Waals surface area contributed by atoms with E-state index in [0.717, 1.165) is 13.0 Å². The van der Waals surface area contributed by atoms with E-state index >= 15 is 0 Å². The van der Waals surface area contributed by atoms with Gasteiger partial charge in [0.15, 0.2) is 0 Å². The average molecular weight is 238 g/mol. The molecule has 2 fully saturated rings. The minimum Gasteiger partial charge on any atom is -0.318 e. The molecule has 2 amide bonds. The van der Waals surface area contributed by atoms with Crippen molar-refractivity contribution in [3.63, 3.8) is 0 Å². The zero-order valence-corrected chi connectivity index (χ0v) is 12.3. The number of urea groups is 1. The summed E-state index contributed by atoms with van der Waals surface area (Å²) < 4.78 is 0. The Hall–Kier alpha value is -0.730. The van der Waals surface area contributed by atoms with E-state index in [-0.39, 0.29) is 22.5 Å². The number of fused-ring (bicyclic) bond motifs is 1. The van der Waals surface area contributed by atoms with Gasteiger partial charge in [0.05, 0.1) is 6.04 Å². The smallest absolute Gasteiger partial charge is 0.318 e. The molecule has 17 heavy (non-hydrogen) atoms. The van der Waals surface area contributed by atoms with E-state index in [1.54, 1.807) is 0 Å². The summed E-state index contributed by atoms with van der Waals surface area (Å²) in [5.74, 6) is 0. The maximum absolute atomic E-state index is 12.6. The Bertz CT molecular complexity index is 352. The van der Waals surface area contributed by atoms with Crippen molar-refractivity contribution < 1.29 is 4.79 Å². The van der Waals surface area contributed by atoms with E-state index in [4.69, 9.17) is 0 Å². The third-order valence-electron chi connectivity index (χ3n) is 4.36. The second kappa shape index (κ2) is 3.18. The number of hydrogen-bond donors (Lipinski definition) is 0. The van der Waals surface area contributed by atoms with Crippen LogP contribution in [0.5, 0.6) is 0 Å². The molecule has 0 aromatic rings. The minimum atomic E-state index is -0.0758. The van der Waals surface area contributed by atoms with Gasteiger partial charge < -0.3 is 9.80 Å². The highest BCUT2D eigenvalue weighted by Gasteiger charge is 2.59. The number of hydrogen-bond acceptors (Lipinski definition) is 1. The lowest BCUT2D eigenvalue weighted by molar-refractivity contribution is 0.133. The zero-order valence-electron chi connectivity index (χ0n) is 12.3. The van der Waals surface area contributed by atoms with Gasteiger partial charge in [-0.2, -0.15) is 0 Å². The molecule has 2 saturated heterocycles. The molecule has 1 atom stereocenters. The highest BCUT2D eigenvalue weighted by Crippen LogP contribution is 2.50. The SMILES string of the molecule is CC1(C)CC(C)(C)N2C(=O)N(C(C)(C)C)CC21. The highest BCUT2D eigenvalue weighted by molar-refractivity contribution is 5.79. The summed E-state index contributed by atoms with van der Waals surface area (Å²) in [4.78, 5) is 16.7. The second-order valence-corrected chi connectivity index (χ2v) is 7.93. The first-order chi connectivity index (χ1) is 7.47. The standard InChI is InChI=1S/C14H26N2O/c1-12(2,3)15-8-10-13(4,5)9-14(6,7)16(10)11(15)17/h10H,8-9H2,1-7H3. The van der Waals surface area contributed by atoms with Crippen LogP contribution < -0.4 is 0 Å². The molecule has 0 N–H and O–H groups in total. The van der Waals surface area contributed by atoms with Crippen molar-refractivity contribution in [2.24, 2.45) is 5.41 Å². The van der Waals surface area contributed by atoms with E-state index in [0.29, 0.717) is 6.04 Å². The maximum atomic E-state index is 12.6. The summed E-state index contributed by atoms with van der Waals surface area (Å²) in [7, 11) is 0. The first-order valence-electron chi connectivity index (χ1n) is 6.58. The predicted molar refractivity (Wildman–Crippen MR) is 70.0 cm³/mol. The fraction of sp³-hybridized carbons (Fsp3) is 0.929. The molecule has 0 aromatic carbocycles. The molecule has 0 saturated carbocycles. The summed E-state index contributed by atoms with van der Waals surface area (Å²) in [5, 5.41) is 0. The molecule has 2 heterocycles. The largest absolute Gasteiger partial charge is 0.321 e. The molecular formula is C14H26N2O. The summed E-state index contributed by atoms with van der Waals surface area (Å²) >= 11 is 0. The van der Waals surface area contributed by atoms with Crippen LogP contribution in [-0.2, 0) is 0 Å². The van der Waals surface area contributed by atoms with Gasteiger partial charge in [-0.1, -0.05) is 13.8 Å². The molecule has 98 valence electrons. The number of amides is 2. The van der Waals surface area contributed by atoms with E-state index in [9.17, 15) is 4.79 Å². The lowest BCUT2D eigenvalue weighted by atomic mass is 9.81. The first-order valence-corrected chi connectivity index (χ1v) is 6.58. The number of carbonyl (C=O) groups is 1. The Morgan fingerprint density at radius 1 is 1.18 bits per heavy atom. The summed E-state index contributed by atoms with van der Waals surface area (Å²) in [6.07, 6.45) is 1.09. The van der Waals surface area contributed by atoms with Gasteiger partial charge in [-0.15, -0.1) is 0 Å². The van der Waals surface area contributed by atoms with Crippen molar-refractivity contribution in [1.82, 2.24) is 9.80 Å². The van der Waals surface area contributed by atoms with Crippen LogP contribution in [0.25, 0.3) is 0 Å². The van der Waals surface area contributed by atoms with Crippen LogP contribution in [-0.4, -0.2) is 39.5 Å². The minimum absolute atomic E-state index is 0.00868. The Balaban J connectivity index is 2.37. The van der Waals surface area contributed by atoms with E-state index in [2.05, 4.69) is 53.4 Å². The second-order valence-electron chi connectivity index (χ2n) is 7.93. The first kappa shape index (κ1) is 12.7. The molecule has 3 nitrogen and oxygen atoms in total. The maximum Gasteiger partial charge on any atom is 0.321 e. The van der Waals surface area contributed by atoms with Crippen LogP contribution in [0.4, 0.5) is 4.79 Å². The summed E-state index contributed by atoms with van der Waals surface area (Å²) in [5.41, 5.74) is 0.137. The predicted octanol–water partition coefficient (Wildman–Crippen LogP) is 3.10. The molecule has 0 bridgehead atoms. The van der Waals surface area contributed by atoms with Crippen LogP contribution in [0.1, 0.15) is 54.9 Å². The van der Waals surface area contributed by atoms with Gasteiger partial charge in [0.1, 0.15) is 0 Å². The Kier molecular flexibility index (Phi) is 2.38. The van der Waals surface area contributed by atoms with Crippen LogP contribution >= 0.6 is 0 Å². The Morgan fingerprint density at radius 3 is 2.12 bits per heavy atom. The fourth-order valence-electron chi connectivity index (χ4n) is 3.75. The van der Waals surface area contributed by atoms with Gasteiger partial charge in [0, 0.05) is 17.6 Å². The van der Waals surface area contributed by atoms with Gasteiger partial charge in [-0.3, -0.25) is 0 Å². The molecule has 2 rings (SSSR count). The van der Waals surface area contributed by atoms with E-state index in [1.165, 1.54) is 0 Å². The zero-order chi connectivity index (χ0) is 13.2. The van der Waals surface area contributed by atoms with E-state index < -0.39 is 0 Å². The van der Waals surface area contributed by atoms with Crippen molar-refractivity contribution in [2.45, 2.75) is 72.0 Å². The number of carbonyl (C=O) groups excluding carboxylic acids is 1. The Labute approximate surface area is 105 Å². The van der Waals surface area contributed by atoms with Crippen LogP contribution in [0.3, 0.4) is 0 Å². The summed E-state index contributed by atoms with van der Waals surface area (Å²) in [6.45, 7) is 16.2. The molecule has 0 aliphatic carbocycles. The van der Waals surface area contributed by atoms with Crippen molar-refractivity contribution in [2.75, 3.05) is 6.54 Å². The lowest BCUT2D eigenvalue weighted by Crippen LogP contribution is -2.48. The van der Waals surface area contributed by atoms with Crippen molar-refractivity contribution in [3.8, 4) is 0 Å². The van der Waals surface area contributed by atoms with Gasteiger partial charge in [-0.05, 0) is 46.5 Å². The van der Waals surface area contributed by atoms with Crippen molar-refractivity contribution in [1.29, 1.82) is 0 Å². The molecule has 3 heteroatoms. The van der Waals surface area contributed by atoms with Crippen LogP contribution in [0, 0.1) is 5.41 Å². The molecular weight excluding hydrogens is 212 g/mol. The van der Waals surface area contributed by atoms with Gasteiger partial charge in [0.2, 0.25) is 0 Å². The van der Waals surface area contributed by atoms with Crippen LogP contribution in [0.2, 0.25) is 0 Å². The quantitative estimate of drug-likeness (QED) is 0.636. The molecule has 0 aromatic heterocycles. The fourth-order valence-corrected chi connectivity index (χ4v) is 3.75. The molecule has 0 spiro atoms. The molecule has 1 unspecified atom stereocenters. The number of rotatable bonds is 0. The highest BCUT2D eigenvalue weighted by atomic mass is 16.2. The van der Waals surface area contributed by atoms with Crippen molar-refractivity contribution in [3.05, 3.63) is 0 Å². The third kappa shape index (κ3) is 1.74. The third-order valence-corrected chi connectivity index (χ3v) is 4.36. The molecule has 0 radical (unpaired) electrons. The number of nitrogens with zero attached hydrogens (tertiary/aromatic N) is 2. The van der Waals surface area contributed by atoms with Gasteiger partial charge in [0.25, 0.3) is 0 Å². The molecule has 2 aliphatic rings. The van der Waals surface area contributed by atoms with Crippen molar-refractivity contribution >= 4 is 6.03 Å². The summed E-state index contributed by atoms with van der Waals surface area (Å²) in [6, 6.07) is 0.585. The Morgan fingerprint density at radius 2 is 1.71 bits per heavy atom. The van der Waals surface area contributed by atoms with Crippen LogP contribution in [0.15, 0.2) is 0 Å². The van der Waals surface area contributed by atoms with Gasteiger partial charge in [-0.25, -0.2) is 4.79 Å². The lowest BCUT2D eigenvalue weighted by Gasteiger charge is -2.36. The normalized spacial score (nSPS) is 31.0. The van der Waals surface area contributed by atoms with Gasteiger partial charge >= 0.3 is 6.03 Å². The topological polar surface area (TPSA) is 23.6 Å².